The average Bonchev–Trinajstić information content (AvgIpc) is 0.746. The fraction of sp³-hybridized carbons (Fsp3) is 0.286. The molecule has 0 saturated carbocycles. The van der Waals surface area contributed by atoms with Crippen LogP contribution in [-0.2, 0) is 19.6 Å². The van der Waals surface area contributed by atoms with Crippen molar-refractivity contribution in [2.45, 2.75) is 40.4 Å². The number of halogens is 1. The van der Waals surface area contributed by atoms with Crippen molar-refractivity contribution in [3.63, 3.8) is 0 Å². The first kappa shape index (κ1) is 79.2. The van der Waals surface area contributed by atoms with Crippen molar-refractivity contribution in [3.05, 3.63) is 294 Å². The highest BCUT2D eigenvalue weighted by Crippen LogP contribution is 2.39. The third-order valence-electron chi connectivity index (χ3n) is 20.5. The Bertz CT molecular complexity index is 5600. The van der Waals surface area contributed by atoms with Gasteiger partial charge in [0, 0.05) is 124 Å². The Balaban J connectivity index is 0.000000157. The minimum absolute atomic E-state index is 0.0595. The van der Waals surface area contributed by atoms with Gasteiger partial charge in [0.2, 0.25) is 0 Å². The molecular formula is C84H86FN13O15. The number of benzene rings is 8. The van der Waals surface area contributed by atoms with Gasteiger partial charge in [0.1, 0.15) is 40.1 Å². The first-order valence-electron chi connectivity index (χ1n) is 36.8. The molecule has 3 amide bonds. The van der Waals surface area contributed by atoms with Gasteiger partial charge in [-0.15, -0.1) is 0 Å². The lowest BCUT2D eigenvalue weighted by Gasteiger charge is -2.36. The molecule has 3 aliphatic rings. The molecule has 3 fully saturated rings. The number of amides is 3. The van der Waals surface area contributed by atoms with E-state index in [9.17, 15) is 63.5 Å². The molecule has 0 atom stereocenters. The number of aryl methyl sites for hydroxylation is 3. The third-order valence-corrected chi connectivity index (χ3v) is 20.5. The minimum Gasteiger partial charge on any atom is -0.497 e. The Morgan fingerprint density at radius 1 is 0.398 bits per heavy atom. The Morgan fingerprint density at radius 3 is 0.982 bits per heavy atom. The van der Waals surface area contributed by atoms with Gasteiger partial charge in [-0.3, -0.25) is 68.2 Å². The van der Waals surface area contributed by atoms with Crippen LogP contribution in [0.25, 0.3) is 32.7 Å². The number of hydrogen-bond acceptors (Lipinski definition) is 19. The highest BCUT2D eigenvalue weighted by atomic mass is 19.1. The van der Waals surface area contributed by atoms with Crippen molar-refractivity contribution in [3.8, 4) is 17.2 Å². The number of nitro groups is 3. The van der Waals surface area contributed by atoms with Crippen molar-refractivity contribution in [2.75, 3.05) is 135 Å². The number of rotatable bonds is 19. The summed E-state index contributed by atoms with van der Waals surface area (Å²) >= 11 is 0. The number of methoxy groups -OCH3 is 3. The van der Waals surface area contributed by atoms with Gasteiger partial charge in [-0.25, -0.2) is 4.39 Å². The molecule has 0 N–H and O–H groups in total. The summed E-state index contributed by atoms with van der Waals surface area (Å²) in [5.74, 6) is 1.24. The fourth-order valence-corrected chi connectivity index (χ4v) is 14.6. The highest BCUT2D eigenvalue weighted by Gasteiger charge is 2.37. The number of hydrogen-bond donors (Lipinski definition) is 0. The molecule has 28 nitrogen and oxygen atoms in total. The molecule has 0 bridgehead atoms. The lowest BCUT2D eigenvalue weighted by Crippen LogP contribution is -2.49. The summed E-state index contributed by atoms with van der Waals surface area (Å²) in [7, 11) is 8.49. The summed E-state index contributed by atoms with van der Waals surface area (Å²) in [4.78, 5) is 127. The van der Waals surface area contributed by atoms with E-state index in [1.165, 1.54) is 25.8 Å². The number of likely N-dealkylation sites (N-methyl/N-ethyl adjacent to an activating group) is 1. The van der Waals surface area contributed by atoms with Crippen LogP contribution in [-0.4, -0.2) is 186 Å². The van der Waals surface area contributed by atoms with E-state index in [1.54, 1.807) is 127 Å². The van der Waals surface area contributed by atoms with Gasteiger partial charge in [-0.05, 0) is 167 Å². The molecule has 3 aromatic heterocycles. The Labute approximate surface area is 649 Å². The predicted octanol–water partition coefficient (Wildman–Crippen LogP) is 11.4. The van der Waals surface area contributed by atoms with Crippen LogP contribution >= 0.6 is 0 Å². The summed E-state index contributed by atoms with van der Waals surface area (Å²) in [6.07, 6.45) is 0. The van der Waals surface area contributed by atoms with Crippen LogP contribution < -0.4 is 45.6 Å². The van der Waals surface area contributed by atoms with E-state index < -0.39 is 54.3 Å². The van der Waals surface area contributed by atoms with E-state index in [2.05, 4.69) is 0 Å². The minimum atomic E-state index is -0.729. The van der Waals surface area contributed by atoms with Gasteiger partial charge in [0.25, 0.3) is 17.7 Å². The van der Waals surface area contributed by atoms with Crippen LogP contribution in [0.1, 0.15) is 58.9 Å². The summed E-state index contributed by atoms with van der Waals surface area (Å²) in [6, 6.07) is 52.7. The van der Waals surface area contributed by atoms with E-state index in [4.69, 9.17) is 14.2 Å². The molecule has 0 unspecified atom stereocenters. The smallest absolute Gasteiger partial charge is 0.357 e. The number of piperazine rings is 3. The molecule has 3 aliphatic heterocycles. The van der Waals surface area contributed by atoms with E-state index in [-0.39, 0.29) is 36.5 Å². The summed E-state index contributed by atoms with van der Waals surface area (Å²) in [6.45, 7) is 11.3. The Morgan fingerprint density at radius 2 is 0.690 bits per heavy atom. The van der Waals surface area contributed by atoms with Gasteiger partial charge in [0.15, 0.2) is 0 Å². The Hall–Kier alpha value is -13.3. The molecule has 584 valence electrons. The second-order valence-corrected chi connectivity index (χ2v) is 28.1. The van der Waals surface area contributed by atoms with E-state index in [0.717, 1.165) is 22.3 Å². The SMILES string of the molecule is COc1ccc(C(=O)N2CCN(c3c([N+](=O)[O-])c(=O)n(CCN(C)C)c4ccc(C)cc34)CC2)cc1.COc1ccc(C(=O)N2CCN(c3c([N+](=O)[O-])c(=O)n(Cc4ccc(F)cc4)c4ccc(C)cc34)CC2)cc1.COc1ccc(C(=O)N2CCN(c3c([N+](=O)[O-])c(=O)n(Cc4ccccc4)c4ccc(C)cc34)CC2)cc1. The van der Waals surface area contributed by atoms with Gasteiger partial charge in [-0.2, -0.15) is 0 Å². The molecular weight excluding hydrogens is 1450 g/mol. The molecule has 29 heteroatoms. The fourth-order valence-electron chi connectivity index (χ4n) is 14.6. The highest BCUT2D eigenvalue weighted by molar-refractivity contribution is 6.01. The van der Waals surface area contributed by atoms with Gasteiger partial charge in [0.05, 0.1) is 65.7 Å². The molecule has 113 heavy (non-hydrogen) atoms. The maximum atomic E-state index is 13.6. The summed E-state index contributed by atoms with van der Waals surface area (Å²) in [5.41, 5.74) is 5.37. The zero-order valence-electron chi connectivity index (χ0n) is 63.9. The van der Waals surface area contributed by atoms with Crippen LogP contribution in [0.4, 0.5) is 38.5 Å². The monoisotopic (exact) mass is 1540 g/mol. The van der Waals surface area contributed by atoms with E-state index in [0.29, 0.717) is 175 Å². The lowest BCUT2D eigenvalue weighted by molar-refractivity contribution is -0.385. The molecule has 0 spiro atoms. The average molecular weight is 1540 g/mol. The standard InChI is InChI=1S/C29H27FN4O5.C29H28N4O5.C26H31N5O5/c1-19-3-12-25-24(17-19)26(27(34(37)38)29(36)33(25)18-20-4-8-22(30)9-5-20)31-13-15-32(16-14-31)28(35)21-6-10-23(39-2)11-7-21;1-20-8-13-25-24(18-20)26(27(33(36)37)29(35)32(25)19-21-6-4-3-5-7-21)30-14-16-31(17-15-30)28(34)22-9-11-23(38-2)12-10-22;1-18-5-10-22-21(17-18)23(24(31(34)35)26(33)30(22)16-11-27(2)3)28-12-14-29(15-13-28)25(32)19-6-8-20(36-4)9-7-19/h3-12,17H,13-16,18H2,1-2H3;3-13,18H,14-17,19H2,1-2H3;5-10,17H,11-16H2,1-4H3. The predicted molar refractivity (Wildman–Crippen MR) is 432 cm³/mol. The second-order valence-electron chi connectivity index (χ2n) is 28.1. The first-order chi connectivity index (χ1) is 54.3. The topological polar surface area (TPSA) is 297 Å². The Kier molecular flexibility index (Phi) is 24.4. The molecule has 0 radical (unpaired) electrons. The van der Waals surface area contributed by atoms with Crippen LogP contribution in [0.5, 0.6) is 17.2 Å². The van der Waals surface area contributed by atoms with E-state index >= 15 is 0 Å². The van der Waals surface area contributed by atoms with Crippen LogP contribution in [0.2, 0.25) is 0 Å². The largest absolute Gasteiger partial charge is 0.497 e. The first-order valence-corrected chi connectivity index (χ1v) is 36.8. The van der Waals surface area contributed by atoms with Crippen molar-refractivity contribution in [2.24, 2.45) is 0 Å². The zero-order valence-corrected chi connectivity index (χ0v) is 63.9. The van der Waals surface area contributed by atoms with Gasteiger partial charge in [-0.1, -0.05) is 77.4 Å². The van der Waals surface area contributed by atoms with Crippen LogP contribution in [0.3, 0.4) is 0 Å². The number of carbonyl (C=O) groups excluding carboxylic acids is 3. The number of pyridine rings is 3. The number of nitrogens with zero attached hydrogens (tertiary/aromatic N) is 13. The van der Waals surface area contributed by atoms with Crippen molar-refractivity contribution in [1.82, 2.24) is 33.3 Å². The number of fused-ring (bicyclic) bond motifs is 3. The molecule has 14 rings (SSSR count). The van der Waals surface area contributed by atoms with Crippen molar-refractivity contribution >= 4 is 84.6 Å². The number of ether oxygens (including phenoxy) is 3. The molecule has 8 aromatic carbocycles. The molecule has 6 heterocycles. The quantitative estimate of drug-likeness (QED) is 0.0536. The number of aromatic nitrogens is 3. The molecule has 11 aromatic rings. The zero-order chi connectivity index (χ0) is 80.5. The maximum absolute atomic E-state index is 13.6. The third kappa shape index (κ3) is 17.3. The summed E-state index contributed by atoms with van der Waals surface area (Å²) in [5, 5.41) is 38.7. The second kappa shape index (κ2) is 34.7. The molecule has 3 saturated heterocycles. The lowest BCUT2D eigenvalue weighted by atomic mass is 10.1. The van der Waals surface area contributed by atoms with Crippen molar-refractivity contribution < 1.29 is 47.8 Å². The van der Waals surface area contributed by atoms with Crippen LogP contribution in [0, 0.1) is 56.9 Å². The van der Waals surface area contributed by atoms with Crippen LogP contribution in [0.15, 0.2) is 196 Å². The number of carbonyl (C=O) groups is 3. The van der Waals surface area contributed by atoms with E-state index in [1.807, 2.05) is 133 Å². The van der Waals surface area contributed by atoms with Gasteiger partial charge >= 0.3 is 33.7 Å². The van der Waals surface area contributed by atoms with Crippen molar-refractivity contribution in [1.29, 1.82) is 0 Å². The molecule has 0 aliphatic carbocycles. The van der Waals surface area contributed by atoms with Gasteiger partial charge < -0.3 is 53.1 Å². The number of anilines is 3. The summed E-state index contributed by atoms with van der Waals surface area (Å²) < 4.78 is 33.3. The maximum Gasteiger partial charge on any atom is 0.357 e. The normalized spacial score (nSPS) is 13.6.